The minimum absolute atomic E-state index is 0.0639. The molecule has 0 amide bonds. The molecule has 1 saturated heterocycles. The van der Waals surface area contributed by atoms with Crippen molar-refractivity contribution in [2.45, 2.75) is 57.1 Å². The van der Waals surface area contributed by atoms with Crippen LogP contribution in [-0.2, 0) is 54.8 Å². The highest BCUT2D eigenvalue weighted by Gasteiger charge is 2.49. The number of hydrogen-bond acceptors (Lipinski definition) is 6. The number of terminal acetylenes is 1. The van der Waals surface area contributed by atoms with Crippen molar-refractivity contribution in [1.82, 2.24) is 0 Å². The molecule has 0 aliphatic carbocycles. The summed E-state index contributed by atoms with van der Waals surface area (Å²) in [5, 5.41) is 0. The van der Waals surface area contributed by atoms with E-state index >= 15 is 0 Å². The molecule has 0 N–H and O–H groups in total. The monoisotopic (exact) mass is 578 g/mol. The van der Waals surface area contributed by atoms with Crippen LogP contribution in [0.2, 0.25) is 0 Å². The van der Waals surface area contributed by atoms with Gasteiger partial charge in [-0.15, -0.1) is 6.42 Å². The van der Waals surface area contributed by atoms with Crippen LogP contribution in [0.15, 0.2) is 121 Å². The predicted molar refractivity (Wildman–Crippen MR) is 165 cm³/mol. The Kier molecular flexibility index (Phi) is 11.9. The number of rotatable bonds is 15. The third-order valence-electron chi connectivity index (χ3n) is 7.17. The molecule has 4 aromatic rings. The molecule has 6 heteroatoms. The highest BCUT2D eigenvalue weighted by atomic mass is 16.7. The van der Waals surface area contributed by atoms with Crippen molar-refractivity contribution in [1.29, 1.82) is 0 Å². The molecule has 5 rings (SSSR count). The van der Waals surface area contributed by atoms with Crippen molar-refractivity contribution in [2.75, 3.05) is 13.2 Å². The molecule has 222 valence electrons. The Bertz CT molecular complexity index is 1360. The summed E-state index contributed by atoms with van der Waals surface area (Å²) in [7, 11) is 0. The van der Waals surface area contributed by atoms with Crippen molar-refractivity contribution in [2.24, 2.45) is 0 Å². The molecule has 1 heterocycles. The summed E-state index contributed by atoms with van der Waals surface area (Å²) in [5.74, 6) is 2.56. The molecule has 0 spiro atoms. The summed E-state index contributed by atoms with van der Waals surface area (Å²) in [6, 6.07) is 40.1. The van der Waals surface area contributed by atoms with E-state index in [1.54, 1.807) is 0 Å². The van der Waals surface area contributed by atoms with Gasteiger partial charge in [-0.1, -0.05) is 127 Å². The fourth-order valence-electron chi connectivity index (χ4n) is 5.01. The standard InChI is InChI=1S/C37H38O6/c1-2-23-39-37-36(42-27-32-21-13-6-14-22-32)35(41-26-31-19-11-5-12-20-31)34(40-25-30-17-9-4-10-18-30)33(43-37)28-38-24-29-15-7-3-8-16-29/h1,3-22,33-37H,23-28H2/t33-,34+,35+,36-,37-/m1/s1. The van der Waals surface area contributed by atoms with Crippen molar-refractivity contribution in [3.8, 4) is 12.3 Å². The molecule has 1 aliphatic rings. The Balaban J connectivity index is 1.41. The highest BCUT2D eigenvalue weighted by Crippen LogP contribution is 2.31. The average molecular weight is 579 g/mol. The zero-order valence-electron chi connectivity index (χ0n) is 24.2. The van der Waals surface area contributed by atoms with Gasteiger partial charge in [0.1, 0.15) is 31.0 Å². The van der Waals surface area contributed by atoms with Crippen molar-refractivity contribution in [3.63, 3.8) is 0 Å². The number of benzene rings is 4. The van der Waals surface area contributed by atoms with E-state index in [0.717, 1.165) is 22.3 Å². The van der Waals surface area contributed by atoms with Crippen LogP contribution in [0.1, 0.15) is 22.3 Å². The van der Waals surface area contributed by atoms with Gasteiger partial charge in [0.15, 0.2) is 6.29 Å². The summed E-state index contributed by atoms with van der Waals surface area (Å²) in [4.78, 5) is 0. The molecular weight excluding hydrogens is 540 g/mol. The Morgan fingerprint density at radius 2 is 0.930 bits per heavy atom. The van der Waals surface area contributed by atoms with E-state index in [-0.39, 0.29) is 13.2 Å². The average Bonchev–Trinajstić information content (AvgIpc) is 3.07. The second-order valence-corrected chi connectivity index (χ2v) is 10.3. The van der Waals surface area contributed by atoms with Crippen LogP contribution in [0.4, 0.5) is 0 Å². The smallest absolute Gasteiger partial charge is 0.188 e. The number of ether oxygens (including phenoxy) is 6. The molecule has 0 radical (unpaired) electrons. The normalized spacial score (nSPS) is 21.7. The largest absolute Gasteiger partial charge is 0.374 e. The van der Waals surface area contributed by atoms with Gasteiger partial charge in [0.25, 0.3) is 0 Å². The molecule has 4 aromatic carbocycles. The number of hydrogen-bond donors (Lipinski definition) is 0. The SMILES string of the molecule is C#CCO[C@@H]1O[C@H](COCc2ccccc2)[C@H](OCc2ccccc2)[C@H](OCc2ccccc2)[C@H]1OCc1ccccc1. The summed E-state index contributed by atoms with van der Waals surface area (Å²) >= 11 is 0. The quantitative estimate of drug-likeness (QED) is 0.154. The van der Waals surface area contributed by atoms with Gasteiger partial charge in [-0.25, -0.2) is 0 Å². The lowest BCUT2D eigenvalue weighted by atomic mass is 9.97. The van der Waals surface area contributed by atoms with E-state index in [1.165, 1.54) is 0 Å². The maximum absolute atomic E-state index is 6.66. The van der Waals surface area contributed by atoms with Crippen LogP contribution in [0.5, 0.6) is 0 Å². The van der Waals surface area contributed by atoms with Crippen LogP contribution in [0, 0.1) is 12.3 Å². The van der Waals surface area contributed by atoms with Gasteiger partial charge in [-0.2, -0.15) is 0 Å². The molecule has 0 aromatic heterocycles. The lowest BCUT2D eigenvalue weighted by Gasteiger charge is -2.45. The Morgan fingerprint density at radius 1 is 0.512 bits per heavy atom. The van der Waals surface area contributed by atoms with Gasteiger partial charge in [0.05, 0.1) is 33.0 Å². The first kappa shape index (κ1) is 30.7. The second kappa shape index (κ2) is 16.7. The molecule has 0 saturated carbocycles. The van der Waals surface area contributed by atoms with E-state index in [2.05, 4.69) is 5.92 Å². The topological polar surface area (TPSA) is 55.4 Å². The zero-order chi connectivity index (χ0) is 29.5. The maximum atomic E-state index is 6.66. The third-order valence-corrected chi connectivity index (χ3v) is 7.17. The van der Waals surface area contributed by atoms with Crippen LogP contribution in [-0.4, -0.2) is 43.9 Å². The van der Waals surface area contributed by atoms with Crippen LogP contribution in [0.25, 0.3) is 0 Å². The molecule has 0 unspecified atom stereocenters. The first-order valence-electron chi connectivity index (χ1n) is 14.6. The fraction of sp³-hybridized carbons (Fsp3) is 0.297. The van der Waals surface area contributed by atoms with Crippen LogP contribution < -0.4 is 0 Å². The van der Waals surface area contributed by atoms with Crippen molar-refractivity contribution in [3.05, 3.63) is 144 Å². The second-order valence-electron chi connectivity index (χ2n) is 10.3. The van der Waals surface area contributed by atoms with E-state index in [9.17, 15) is 0 Å². The van der Waals surface area contributed by atoms with Gasteiger partial charge in [0.2, 0.25) is 0 Å². The third kappa shape index (κ3) is 9.34. The molecule has 1 aliphatic heterocycles. The van der Waals surface area contributed by atoms with Crippen LogP contribution in [0.3, 0.4) is 0 Å². The molecule has 6 nitrogen and oxygen atoms in total. The summed E-state index contributed by atoms with van der Waals surface area (Å²) in [6.45, 7) is 1.84. The van der Waals surface area contributed by atoms with Gasteiger partial charge in [-0.3, -0.25) is 0 Å². The summed E-state index contributed by atoms with van der Waals surface area (Å²) in [6.07, 6.45) is 2.61. The molecular formula is C37H38O6. The first-order chi connectivity index (χ1) is 21.3. The molecule has 5 atom stereocenters. The van der Waals surface area contributed by atoms with Gasteiger partial charge in [0, 0.05) is 0 Å². The van der Waals surface area contributed by atoms with E-state index in [1.807, 2.05) is 121 Å². The minimum atomic E-state index is -0.789. The van der Waals surface area contributed by atoms with Crippen molar-refractivity contribution < 1.29 is 28.4 Å². The van der Waals surface area contributed by atoms with Gasteiger partial charge >= 0.3 is 0 Å². The fourth-order valence-corrected chi connectivity index (χ4v) is 5.01. The lowest BCUT2D eigenvalue weighted by Crippen LogP contribution is -2.61. The highest BCUT2D eigenvalue weighted by molar-refractivity contribution is 5.16. The summed E-state index contributed by atoms with van der Waals surface area (Å²) in [5.41, 5.74) is 4.17. The summed E-state index contributed by atoms with van der Waals surface area (Å²) < 4.78 is 38.6. The molecule has 0 bridgehead atoms. The Hall–Kier alpha value is -3.80. The van der Waals surface area contributed by atoms with Crippen LogP contribution >= 0.6 is 0 Å². The van der Waals surface area contributed by atoms with E-state index in [4.69, 9.17) is 34.8 Å². The first-order valence-corrected chi connectivity index (χ1v) is 14.6. The lowest BCUT2D eigenvalue weighted by molar-refractivity contribution is -0.326. The molecule has 43 heavy (non-hydrogen) atoms. The Labute approximate surface area is 254 Å². The van der Waals surface area contributed by atoms with E-state index < -0.39 is 30.7 Å². The maximum Gasteiger partial charge on any atom is 0.188 e. The minimum Gasteiger partial charge on any atom is -0.374 e. The molecule has 1 fully saturated rings. The van der Waals surface area contributed by atoms with Gasteiger partial charge in [-0.05, 0) is 22.3 Å². The predicted octanol–water partition coefficient (Wildman–Crippen LogP) is 6.33. The van der Waals surface area contributed by atoms with E-state index in [0.29, 0.717) is 26.4 Å². The zero-order valence-corrected chi connectivity index (χ0v) is 24.2. The van der Waals surface area contributed by atoms with Gasteiger partial charge < -0.3 is 28.4 Å². The van der Waals surface area contributed by atoms with Crippen molar-refractivity contribution >= 4 is 0 Å². The Morgan fingerprint density at radius 3 is 1.40 bits per heavy atom.